The fourth-order valence-electron chi connectivity index (χ4n) is 2.53. The van der Waals surface area contributed by atoms with Gasteiger partial charge in [-0.2, -0.15) is 0 Å². The second-order valence-electron chi connectivity index (χ2n) is 5.14. The van der Waals surface area contributed by atoms with E-state index in [0.29, 0.717) is 8.58 Å². The summed E-state index contributed by atoms with van der Waals surface area (Å²) in [7, 11) is 2.42. The monoisotopic (exact) mass is 306 g/mol. The maximum atomic E-state index is 5.48. The van der Waals surface area contributed by atoms with Crippen molar-refractivity contribution < 1.29 is 4.74 Å². The van der Waals surface area contributed by atoms with Gasteiger partial charge in [0, 0.05) is 6.42 Å². The van der Waals surface area contributed by atoms with Crippen LogP contribution in [0.2, 0.25) is 0 Å². The number of methoxy groups -OCH3 is 1. The third-order valence-electron chi connectivity index (χ3n) is 3.64. The lowest BCUT2D eigenvalue weighted by Crippen LogP contribution is -2.09. The van der Waals surface area contributed by atoms with Gasteiger partial charge in [-0.3, -0.25) is 0 Å². The summed E-state index contributed by atoms with van der Waals surface area (Å²) in [6, 6.07) is 27.6. The van der Waals surface area contributed by atoms with Crippen LogP contribution in [0.15, 0.2) is 78.9 Å². The molecule has 3 aromatic carbocycles. The molecule has 0 aliphatic heterocycles. The molecule has 0 spiro atoms. The molecule has 0 aromatic heterocycles. The first-order valence-corrected chi connectivity index (χ1v) is 8.38. The third kappa shape index (κ3) is 3.55. The Balaban J connectivity index is 1.88. The smallest absolute Gasteiger partial charge is 0.122 e. The average molecular weight is 306 g/mol. The SMILES string of the molecule is COc1ccccc1Cc1ccccc1Pc1ccccc1. The molecule has 2 heteroatoms. The van der Waals surface area contributed by atoms with Gasteiger partial charge in [0.2, 0.25) is 0 Å². The maximum Gasteiger partial charge on any atom is 0.122 e. The zero-order valence-corrected chi connectivity index (χ0v) is 13.6. The van der Waals surface area contributed by atoms with Crippen LogP contribution in [0.4, 0.5) is 0 Å². The van der Waals surface area contributed by atoms with Crippen LogP contribution in [0.3, 0.4) is 0 Å². The first-order chi connectivity index (χ1) is 10.9. The minimum Gasteiger partial charge on any atom is -0.496 e. The van der Waals surface area contributed by atoms with E-state index < -0.39 is 0 Å². The van der Waals surface area contributed by atoms with Crippen molar-refractivity contribution in [3.8, 4) is 5.75 Å². The zero-order valence-electron chi connectivity index (χ0n) is 12.6. The normalized spacial score (nSPS) is 11.0. The number of para-hydroxylation sites is 1. The van der Waals surface area contributed by atoms with E-state index >= 15 is 0 Å². The van der Waals surface area contributed by atoms with Crippen LogP contribution in [0.5, 0.6) is 5.75 Å². The molecule has 0 fully saturated rings. The molecule has 1 unspecified atom stereocenters. The van der Waals surface area contributed by atoms with Crippen molar-refractivity contribution in [1.29, 1.82) is 0 Å². The number of hydrogen-bond donors (Lipinski definition) is 0. The van der Waals surface area contributed by atoms with E-state index in [4.69, 9.17) is 4.74 Å². The van der Waals surface area contributed by atoms with Gasteiger partial charge in [0.05, 0.1) is 7.11 Å². The van der Waals surface area contributed by atoms with E-state index in [1.807, 2.05) is 12.1 Å². The lowest BCUT2D eigenvalue weighted by atomic mass is 10.0. The summed E-state index contributed by atoms with van der Waals surface area (Å²) in [6.45, 7) is 0. The summed E-state index contributed by atoms with van der Waals surface area (Å²) in [5, 5.41) is 2.77. The van der Waals surface area contributed by atoms with Crippen LogP contribution in [0, 0.1) is 0 Å². The quantitative estimate of drug-likeness (QED) is 0.649. The Morgan fingerprint density at radius 1 is 0.727 bits per heavy atom. The van der Waals surface area contributed by atoms with E-state index in [0.717, 1.165) is 12.2 Å². The van der Waals surface area contributed by atoms with Gasteiger partial charge in [-0.1, -0.05) is 81.4 Å². The van der Waals surface area contributed by atoms with E-state index in [1.54, 1.807) is 7.11 Å². The minimum atomic E-state index is 0.684. The lowest BCUT2D eigenvalue weighted by molar-refractivity contribution is 0.410. The summed E-state index contributed by atoms with van der Waals surface area (Å²) in [4.78, 5) is 0. The predicted molar refractivity (Wildman–Crippen MR) is 96.3 cm³/mol. The Morgan fingerprint density at radius 3 is 2.14 bits per heavy atom. The van der Waals surface area contributed by atoms with Crippen LogP contribution in [-0.4, -0.2) is 7.11 Å². The molecule has 0 saturated heterocycles. The summed E-state index contributed by atoms with van der Waals surface area (Å²) in [5.41, 5.74) is 2.60. The molecule has 1 nitrogen and oxygen atoms in total. The fourth-order valence-corrected chi connectivity index (χ4v) is 3.71. The Bertz CT molecular complexity index is 737. The summed E-state index contributed by atoms with van der Waals surface area (Å²) in [5.74, 6) is 0.959. The molecule has 0 aliphatic rings. The molecule has 110 valence electrons. The van der Waals surface area contributed by atoms with Gasteiger partial charge >= 0.3 is 0 Å². The maximum absolute atomic E-state index is 5.48. The Morgan fingerprint density at radius 2 is 1.36 bits per heavy atom. The molecular weight excluding hydrogens is 287 g/mol. The Hall–Kier alpha value is -2.11. The van der Waals surface area contributed by atoms with E-state index in [2.05, 4.69) is 66.7 Å². The molecule has 0 heterocycles. The van der Waals surface area contributed by atoms with Crippen molar-refractivity contribution >= 4 is 19.2 Å². The van der Waals surface area contributed by atoms with Gasteiger partial charge in [-0.05, 0) is 27.8 Å². The highest BCUT2D eigenvalue weighted by Gasteiger charge is 2.07. The second kappa shape index (κ2) is 7.24. The molecule has 1 atom stereocenters. The van der Waals surface area contributed by atoms with E-state index in [1.165, 1.54) is 21.7 Å². The van der Waals surface area contributed by atoms with Crippen molar-refractivity contribution in [1.82, 2.24) is 0 Å². The van der Waals surface area contributed by atoms with Crippen LogP contribution in [-0.2, 0) is 6.42 Å². The van der Waals surface area contributed by atoms with Crippen LogP contribution >= 0.6 is 8.58 Å². The highest BCUT2D eigenvalue weighted by Crippen LogP contribution is 2.22. The third-order valence-corrected chi connectivity index (χ3v) is 5.02. The largest absolute Gasteiger partial charge is 0.496 e. The van der Waals surface area contributed by atoms with Crippen LogP contribution in [0.1, 0.15) is 11.1 Å². The fraction of sp³-hybridized carbons (Fsp3) is 0.100. The number of ether oxygens (including phenoxy) is 1. The molecular formula is C20H19OP. The molecule has 0 bridgehead atoms. The molecule has 22 heavy (non-hydrogen) atoms. The minimum absolute atomic E-state index is 0.684. The van der Waals surface area contributed by atoms with Gasteiger partial charge in [-0.25, -0.2) is 0 Å². The van der Waals surface area contributed by atoms with Crippen molar-refractivity contribution in [3.05, 3.63) is 90.0 Å². The number of hydrogen-bond acceptors (Lipinski definition) is 1. The number of benzene rings is 3. The highest BCUT2D eigenvalue weighted by atomic mass is 31.1. The van der Waals surface area contributed by atoms with Gasteiger partial charge < -0.3 is 4.74 Å². The molecule has 3 rings (SSSR count). The molecule has 0 aliphatic carbocycles. The Kier molecular flexibility index (Phi) is 4.88. The van der Waals surface area contributed by atoms with E-state index in [-0.39, 0.29) is 0 Å². The number of rotatable bonds is 5. The van der Waals surface area contributed by atoms with Gasteiger partial charge in [0.15, 0.2) is 0 Å². The summed E-state index contributed by atoms with van der Waals surface area (Å²) in [6.07, 6.45) is 0.903. The second-order valence-corrected chi connectivity index (χ2v) is 6.50. The topological polar surface area (TPSA) is 9.23 Å². The van der Waals surface area contributed by atoms with Crippen molar-refractivity contribution in [3.63, 3.8) is 0 Å². The molecule has 0 radical (unpaired) electrons. The van der Waals surface area contributed by atoms with Crippen LogP contribution in [0.25, 0.3) is 0 Å². The van der Waals surface area contributed by atoms with Gasteiger partial charge in [0.25, 0.3) is 0 Å². The molecule has 0 amide bonds. The molecule has 0 N–H and O–H groups in total. The average Bonchev–Trinajstić information content (AvgIpc) is 2.58. The molecule has 3 aromatic rings. The van der Waals surface area contributed by atoms with Crippen molar-refractivity contribution in [2.24, 2.45) is 0 Å². The predicted octanol–water partition coefficient (Wildman–Crippen LogP) is 3.92. The van der Waals surface area contributed by atoms with Crippen molar-refractivity contribution in [2.45, 2.75) is 6.42 Å². The lowest BCUT2D eigenvalue weighted by Gasteiger charge is -2.12. The Labute approximate surface area is 133 Å². The van der Waals surface area contributed by atoms with Gasteiger partial charge in [0.1, 0.15) is 5.75 Å². The standard InChI is InChI=1S/C20H19OP/c1-21-19-13-7-5-9-16(19)15-17-10-6-8-14-20(17)22-18-11-3-2-4-12-18/h2-14,22H,15H2,1H3. The highest BCUT2D eigenvalue weighted by molar-refractivity contribution is 7.55. The molecule has 0 saturated carbocycles. The van der Waals surface area contributed by atoms with Crippen molar-refractivity contribution in [2.75, 3.05) is 7.11 Å². The van der Waals surface area contributed by atoms with Gasteiger partial charge in [-0.15, -0.1) is 0 Å². The summed E-state index contributed by atoms with van der Waals surface area (Å²) >= 11 is 0. The summed E-state index contributed by atoms with van der Waals surface area (Å²) < 4.78 is 5.48. The zero-order chi connectivity index (χ0) is 15.2. The first kappa shape index (κ1) is 14.8. The first-order valence-electron chi connectivity index (χ1n) is 7.38. The van der Waals surface area contributed by atoms with Crippen LogP contribution < -0.4 is 15.3 Å². The van der Waals surface area contributed by atoms with E-state index in [9.17, 15) is 0 Å².